The average molecular weight is 465 g/mol. The molecule has 0 fully saturated rings. The second kappa shape index (κ2) is 11.7. The second-order valence-corrected chi connectivity index (χ2v) is 6.56. The molecule has 2 aromatic carbocycles. The van der Waals surface area contributed by atoms with Crippen LogP contribution in [0.15, 0.2) is 36.1 Å². The lowest BCUT2D eigenvalue weighted by Crippen LogP contribution is -2.05. The van der Waals surface area contributed by atoms with E-state index in [4.69, 9.17) is 27.9 Å². The predicted molar refractivity (Wildman–Crippen MR) is 107 cm³/mol. The summed E-state index contributed by atoms with van der Waals surface area (Å²) in [5, 5.41) is -1.31. The van der Waals surface area contributed by atoms with Gasteiger partial charge in [0.25, 0.3) is 0 Å². The number of hydrogen-bond donors (Lipinski definition) is 0. The Hall–Kier alpha value is -2.38. The number of ketones is 2. The van der Waals surface area contributed by atoms with Gasteiger partial charge in [0.1, 0.15) is 21.7 Å². The van der Waals surface area contributed by atoms with E-state index in [2.05, 4.69) is 0 Å². The molecule has 0 radical (unpaired) electrons. The maximum absolute atomic E-state index is 13.5. The van der Waals surface area contributed by atoms with Gasteiger partial charge in [-0.1, -0.05) is 30.1 Å². The molecule has 9 heteroatoms. The normalized spacial score (nSPS) is 10.9. The molecule has 0 aliphatic heterocycles. The molecular weight excluding hydrogens is 447 g/mol. The van der Waals surface area contributed by atoms with Crippen molar-refractivity contribution in [1.82, 2.24) is 0 Å². The number of halogens is 6. The van der Waals surface area contributed by atoms with Crippen LogP contribution in [0.3, 0.4) is 0 Å². The van der Waals surface area contributed by atoms with E-state index in [9.17, 15) is 27.2 Å². The predicted octanol–water partition coefficient (Wildman–Crippen LogP) is 6.95. The number of carbonyl (C=O) groups excluding carboxylic acids is 2. The van der Waals surface area contributed by atoms with Gasteiger partial charge in [0.05, 0.1) is 24.0 Å². The summed E-state index contributed by atoms with van der Waals surface area (Å²) in [5.41, 5.74) is -0.216. The largest absolute Gasteiger partial charge is 0.501 e. The Labute approximate surface area is 181 Å². The maximum atomic E-state index is 13.5. The molecule has 0 N–H and O–H groups in total. The number of rotatable bonds is 6. The summed E-state index contributed by atoms with van der Waals surface area (Å²) >= 11 is 10.7. The van der Waals surface area contributed by atoms with Gasteiger partial charge >= 0.3 is 0 Å². The lowest BCUT2D eigenvalue weighted by Gasteiger charge is -2.05. The molecule has 3 nitrogen and oxygen atoms in total. The Kier molecular flexibility index (Phi) is 10.0. The van der Waals surface area contributed by atoms with Gasteiger partial charge in [-0.3, -0.25) is 9.59 Å². The van der Waals surface area contributed by atoms with Crippen molar-refractivity contribution in [3.63, 3.8) is 0 Å². The summed E-state index contributed by atoms with van der Waals surface area (Å²) < 4.78 is 57.1. The fraction of sp³-hybridized carbons (Fsp3) is 0.238. The summed E-state index contributed by atoms with van der Waals surface area (Å²) in [5.74, 6) is -4.76. The molecule has 0 aliphatic carbocycles. The van der Waals surface area contributed by atoms with Gasteiger partial charge in [0.2, 0.25) is 0 Å². The van der Waals surface area contributed by atoms with Crippen LogP contribution in [0.1, 0.15) is 47.9 Å². The van der Waals surface area contributed by atoms with Crippen LogP contribution in [-0.2, 0) is 4.74 Å². The molecule has 0 atom stereocenters. The maximum Gasteiger partial charge on any atom is 0.194 e. The number of carbonyl (C=O) groups is 2. The highest BCUT2D eigenvalue weighted by Crippen LogP contribution is 2.24. The molecular formula is C21H18Cl2F4O3. The molecule has 30 heavy (non-hydrogen) atoms. The van der Waals surface area contributed by atoms with Crippen molar-refractivity contribution in [3.8, 4) is 0 Å². The van der Waals surface area contributed by atoms with Crippen LogP contribution in [0.4, 0.5) is 17.6 Å². The Morgan fingerprint density at radius 3 is 1.83 bits per heavy atom. The first-order valence-electron chi connectivity index (χ1n) is 8.69. The van der Waals surface area contributed by atoms with E-state index in [1.165, 1.54) is 13.2 Å². The van der Waals surface area contributed by atoms with Crippen LogP contribution in [0.5, 0.6) is 0 Å². The summed E-state index contributed by atoms with van der Waals surface area (Å²) in [6, 6.07) is 4.09. The summed E-state index contributed by atoms with van der Waals surface area (Å²) in [7, 11) is 0. The van der Waals surface area contributed by atoms with E-state index in [1.807, 2.05) is 0 Å². The van der Waals surface area contributed by atoms with Crippen molar-refractivity contribution in [2.75, 3.05) is 6.61 Å². The van der Waals surface area contributed by atoms with Gasteiger partial charge in [-0.2, -0.15) is 0 Å². The van der Waals surface area contributed by atoms with Crippen LogP contribution in [0.25, 0.3) is 0 Å². The number of ether oxygens (including phenoxy) is 1. The highest BCUT2D eigenvalue weighted by Gasteiger charge is 2.19. The third-order valence-electron chi connectivity index (χ3n) is 3.72. The van der Waals surface area contributed by atoms with E-state index < -0.39 is 39.1 Å². The van der Waals surface area contributed by atoms with Crippen molar-refractivity contribution in [2.24, 2.45) is 0 Å². The van der Waals surface area contributed by atoms with Crippen molar-refractivity contribution >= 4 is 34.8 Å². The number of benzene rings is 2. The average Bonchev–Trinajstić information content (AvgIpc) is 2.73. The van der Waals surface area contributed by atoms with Crippen molar-refractivity contribution in [1.29, 1.82) is 0 Å². The van der Waals surface area contributed by atoms with Gasteiger partial charge in [0, 0.05) is 12.0 Å². The molecule has 0 aliphatic rings. The summed E-state index contributed by atoms with van der Waals surface area (Å²) in [4.78, 5) is 22.8. The first kappa shape index (κ1) is 25.7. The first-order chi connectivity index (χ1) is 14.1. The molecule has 0 saturated carbocycles. The molecule has 0 saturated heterocycles. The first-order valence-corrected chi connectivity index (χ1v) is 9.45. The van der Waals surface area contributed by atoms with Crippen molar-refractivity contribution < 1.29 is 31.9 Å². The molecule has 0 heterocycles. The van der Waals surface area contributed by atoms with Crippen LogP contribution < -0.4 is 0 Å². The second-order valence-electron chi connectivity index (χ2n) is 5.81. The fourth-order valence-electron chi connectivity index (χ4n) is 2.11. The van der Waals surface area contributed by atoms with Gasteiger partial charge < -0.3 is 4.74 Å². The number of Topliss-reactive ketones (excluding diaryl/α,β-unsaturated/α-hetero) is 2. The number of allylic oxidation sites excluding steroid dienone is 1. The molecule has 2 aromatic rings. The minimum absolute atomic E-state index is 0.158. The van der Waals surface area contributed by atoms with E-state index in [0.29, 0.717) is 6.61 Å². The van der Waals surface area contributed by atoms with Crippen LogP contribution in [-0.4, -0.2) is 18.2 Å². The van der Waals surface area contributed by atoms with Gasteiger partial charge in [-0.05, 0) is 38.1 Å². The van der Waals surface area contributed by atoms with E-state index in [1.54, 1.807) is 13.8 Å². The minimum atomic E-state index is -1.05. The van der Waals surface area contributed by atoms with E-state index in [-0.39, 0.29) is 28.9 Å². The quantitative estimate of drug-likeness (QED) is 0.152. The third-order valence-corrected chi connectivity index (χ3v) is 4.41. The molecule has 0 unspecified atom stereocenters. The molecule has 0 amide bonds. The highest BCUT2D eigenvalue weighted by atomic mass is 35.5. The summed E-state index contributed by atoms with van der Waals surface area (Å²) in [6.45, 7) is 5.23. The van der Waals surface area contributed by atoms with Crippen LogP contribution in [0, 0.1) is 23.3 Å². The fourth-order valence-corrected chi connectivity index (χ4v) is 2.44. The van der Waals surface area contributed by atoms with Gasteiger partial charge in [-0.25, -0.2) is 17.6 Å². The lowest BCUT2D eigenvalue weighted by molar-refractivity contribution is 0.0982. The monoisotopic (exact) mass is 464 g/mol. The zero-order valence-corrected chi connectivity index (χ0v) is 17.8. The van der Waals surface area contributed by atoms with Crippen molar-refractivity contribution in [2.45, 2.75) is 27.2 Å². The smallest absolute Gasteiger partial charge is 0.194 e. The van der Waals surface area contributed by atoms with Crippen LogP contribution in [0.2, 0.25) is 10.0 Å². The molecule has 0 aromatic heterocycles. The highest BCUT2D eigenvalue weighted by molar-refractivity contribution is 6.31. The topological polar surface area (TPSA) is 43.4 Å². The molecule has 0 spiro atoms. The van der Waals surface area contributed by atoms with Crippen LogP contribution >= 0.6 is 23.2 Å². The minimum Gasteiger partial charge on any atom is -0.501 e. The molecule has 162 valence electrons. The Morgan fingerprint density at radius 1 is 0.900 bits per heavy atom. The lowest BCUT2D eigenvalue weighted by atomic mass is 10.1. The standard InChI is InChI=1S/C12H11ClF2O2.C9H7ClF2O/c1-3-17-6-7(2)12(16)8-4-5-9(14)10(13)11(8)15;1-2-7(13)5-3-4-6(11)8(10)9(5)12/h4-6H,3H2,1-2H3;3-4H,2H2,1H3/b7-6+;. The SMILES string of the molecule is CCC(=O)c1ccc(F)c(Cl)c1F.CCO/C=C(\C)C(=O)c1ccc(F)c(Cl)c1F. The van der Waals surface area contributed by atoms with Gasteiger partial charge in [-0.15, -0.1) is 0 Å². The molecule has 0 bridgehead atoms. The zero-order chi connectivity index (χ0) is 23.0. The number of hydrogen-bond acceptors (Lipinski definition) is 3. The van der Waals surface area contributed by atoms with Gasteiger partial charge in [0.15, 0.2) is 23.2 Å². The Balaban J connectivity index is 0.000000311. The van der Waals surface area contributed by atoms with Crippen molar-refractivity contribution in [3.05, 3.63) is 80.5 Å². The molecule has 2 rings (SSSR count). The van der Waals surface area contributed by atoms with E-state index in [0.717, 1.165) is 24.3 Å². The summed E-state index contributed by atoms with van der Waals surface area (Å²) in [6.07, 6.45) is 1.40. The Bertz CT molecular complexity index is 975. The zero-order valence-electron chi connectivity index (χ0n) is 16.3. The third kappa shape index (κ3) is 6.31. The van der Waals surface area contributed by atoms with E-state index >= 15 is 0 Å². The Morgan fingerprint density at radius 2 is 1.37 bits per heavy atom.